The molecule has 1 aliphatic rings. The lowest BCUT2D eigenvalue weighted by Gasteiger charge is -2.20. The predicted molar refractivity (Wildman–Crippen MR) is 45.5 cm³/mol. The molecule has 0 bridgehead atoms. The summed E-state index contributed by atoms with van der Waals surface area (Å²) in [6.45, 7) is 5.81. The number of rotatable bonds is 1. The van der Waals surface area contributed by atoms with Crippen LogP contribution in [-0.2, 0) is 0 Å². The molecule has 0 fully saturated rings. The zero-order valence-corrected chi connectivity index (χ0v) is 7.21. The molecule has 0 aromatic carbocycles. The van der Waals surface area contributed by atoms with Gasteiger partial charge in [-0.2, -0.15) is 0 Å². The molecule has 1 heterocycles. The Hall–Kier alpha value is -0.660. The summed E-state index contributed by atoms with van der Waals surface area (Å²) in [7, 11) is 0. The van der Waals surface area contributed by atoms with Crippen LogP contribution in [0.4, 0.5) is 4.39 Å². The Labute approximate surface area is 67.0 Å². The van der Waals surface area contributed by atoms with Crippen LogP contribution in [0.5, 0.6) is 0 Å². The summed E-state index contributed by atoms with van der Waals surface area (Å²) >= 11 is 0. The quantitative estimate of drug-likeness (QED) is 0.552. The lowest BCUT2D eigenvalue weighted by atomic mass is 9.93. The molecule has 62 valence electrons. The average Bonchev–Trinajstić information content (AvgIpc) is 1.94. The van der Waals surface area contributed by atoms with Crippen LogP contribution in [0, 0.1) is 11.8 Å². The molecule has 11 heavy (non-hydrogen) atoms. The van der Waals surface area contributed by atoms with Crippen molar-refractivity contribution in [2.45, 2.75) is 26.9 Å². The average molecular weight is 155 g/mol. The molecule has 0 spiro atoms. The predicted octanol–water partition coefficient (Wildman–Crippen LogP) is 2.58. The molecule has 1 rings (SSSR count). The van der Waals surface area contributed by atoms with Crippen LogP contribution in [0.15, 0.2) is 17.3 Å². The standard InChI is InChI=1S/C9H14FN/c1-6(2)9-8(10)7(3)4-5-11-9/h4-8H,1-3H3. The van der Waals surface area contributed by atoms with E-state index in [9.17, 15) is 4.39 Å². The highest BCUT2D eigenvalue weighted by molar-refractivity contribution is 5.91. The Morgan fingerprint density at radius 3 is 2.64 bits per heavy atom. The van der Waals surface area contributed by atoms with Crippen molar-refractivity contribution in [3.8, 4) is 0 Å². The molecule has 2 heteroatoms. The van der Waals surface area contributed by atoms with Gasteiger partial charge in [-0.05, 0) is 5.92 Å². The number of allylic oxidation sites excluding steroid dienone is 1. The third kappa shape index (κ3) is 1.67. The second-order valence-electron chi connectivity index (χ2n) is 3.31. The minimum Gasteiger partial charge on any atom is -0.263 e. The first-order chi connectivity index (χ1) is 5.13. The van der Waals surface area contributed by atoms with E-state index in [1.807, 2.05) is 20.8 Å². The summed E-state index contributed by atoms with van der Waals surface area (Å²) in [6.07, 6.45) is 2.63. The van der Waals surface area contributed by atoms with Gasteiger partial charge in [0, 0.05) is 12.1 Å². The topological polar surface area (TPSA) is 12.4 Å². The number of nitrogens with zero attached hydrogens (tertiary/aromatic N) is 1. The first kappa shape index (κ1) is 8.44. The van der Waals surface area contributed by atoms with Gasteiger partial charge in [-0.3, -0.25) is 4.99 Å². The third-order valence-corrected chi connectivity index (χ3v) is 1.95. The molecule has 2 unspecified atom stereocenters. The highest BCUT2D eigenvalue weighted by Gasteiger charge is 2.24. The second kappa shape index (κ2) is 3.16. The monoisotopic (exact) mass is 155 g/mol. The molecule has 1 aliphatic heterocycles. The largest absolute Gasteiger partial charge is 0.263 e. The normalized spacial score (nSPS) is 30.8. The molecular formula is C9H14FN. The Balaban J connectivity index is 2.78. The fourth-order valence-corrected chi connectivity index (χ4v) is 1.17. The van der Waals surface area contributed by atoms with E-state index in [2.05, 4.69) is 4.99 Å². The molecule has 0 saturated heterocycles. The van der Waals surface area contributed by atoms with Crippen LogP contribution in [0.2, 0.25) is 0 Å². The van der Waals surface area contributed by atoms with Gasteiger partial charge in [0.15, 0.2) is 0 Å². The fourth-order valence-electron chi connectivity index (χ4n) is 1.17. The van der Waals surface area contributed by atoms with E-state index in [1.54, 1.807) is 12.3 Å². The van der Waals surface area contributed by atoms with E-state index >= 15 is 0 Å². The van der Waals surface area contributed by atoms with E-state index in [0.717, 1.165) is 0 Å². The van der Waals surface area contributed by atoms with Crippen LogP contribution in [-0.4, -0.2) is 11.9 Å². The summed E-state index contributed by atoms with van der Waals surface area (Å²) in [6, 6.07) is 0. The molecule has 0 amide bonds. The van der Waals surface area contributed by atoms with Gasteiger partial charge in [-0.1, -0.05) is 26.8 Å². The smallest absolute Gasteiger partial charge is 0.144 e. The van der Waals surface area contributed by atoms with Crippen LogP contribution in [0.25, 0.3) is 0 Å². The minimum absolute atomic E-state index is 0.00935. The Bertz CT molecular complexity index is 194. The van der Waals surface area contributed by atoms with Crippen molar-refractivity contribution in [2.24, 2.45) is 16.8 Å². The maximum atomic E-state index is 13.3. The molecule has 0 saturated carbocycles. The van der Waals surface area contributed by atoms with Crippen molar-refractivity contribution in [3.05, 3.63) is 12.3 Å². The van der Waals surface area contributed by atoms with Gasteiger partial charge >= 0.3 is 0 Å². The van der Waals surface area contributed by atoms with Gasteiger partial charge in [0.05, 0.1) is 5.71 Å². The van der Waals surface area contributed by atoms with Gasteiger partial charge in [0.25, 0.3) is 0 Å². The number of hydrogen-bond acceptors (Lipinski definition) is 1. The molecule has 0 radical (unpaired) electrons. The van der Waals surface area contributed by atoms with E-state index in [0.29, 0.717) is 5.71 Å². The van der Waals surface area contributed by atoms with Crippen LogP contribution >= 0.6 is 0 Å². The van der Waals surface area contributed by atoms with Crippen molar-refractivity contribution in [1.82, 2.24) is 0 Å². The summed E-state index contributed by atoms with van der Waals surface area (Å²) in [5.41, 5.74) is 0.681. The van der Waals surface area contributed by atoms with Crippen molar-refractivity contribution in [3.63, 3.8) is 0 Å². The molecule has 2 atom stereocenters. The van der Waals surface area contributed by atoms with Gasteiger partial charge in [0.1, 0.15) is 6.17 Å². The van der Waals surface area contributed by atoms with Crippen molar-refractivity contribution < 1.29 is 4.39 Å². The SMILES string of the molecule is CC(C)C1=NC=CC(C)C1F. The van der Waals surface area contributed by atoms with Gasteiger partial charge in [0.2, 0.25) is 0 Å². The van der Waals surface area contributed by atoms with Crippen LogP contribution < -0.4 is 0 Å². The number of halogens is 1. The first-order valence-electron chi connectivity index (χ1n) is 4.01. The molecule has 0 aliphatic carbocycles. The molecule has 0 aromatic heterocycles. The third-order valence-electron chi connectivity index (χ3n) is 1.95. The summed E-state index contributed by atoms with van der Waals surface area (Å²) in [4.78, 5) is 4.02. The van der Waals surface area contributed by atoms with E-state index in [1.165, 1.54) is 0 Å². The fraction of sp³-hybridized carbons (Fsp3) is 0.667. The maximum absolute atomic E-state index is 13.3. The van der Waals surface area contributed by atoms with Crippen molar-refractivity contribution >= 4 is 5.71 Å². The summed E-state index contributed by atoms with van der Waals surface area (Å²) in [5, 5.41) is 0. The lowest BCUT2D eigenvalue weighted by molar-refractivity contribution is 0.346. The molecular weight excluding hydrogens is 141 g/mol. The van der Waals surface area contributed by atoms with Crippen LogP contribution in [0.1, 0.15) is 20.8 Å². The lowest BCUT2D eigenvalue weighted by Crippen LogP contribution is -2.28. The first-order valence-corrected chi connectivity index (χ1v) is 4.01. The zero-order chi connectivity index (χ0) is 8.43. The van der Waals surface area contributed by atoms with Gasteiger partial charge in [-0.15, -0.1) is 0 Å². The molecule has 0 N–H and O–H groups in total. The Morgan fingerprint density at radius 1 is 1.55 bits per heavy atom. The van der Waals surface area contributed by atoms with Gasteiger partial charge in [-0.25, -0.2) is 4.39 Å². The maximum Gasteiger partial charge on any atom is 0.144 e. The highest BCUT2D eigenvalue weighted by Crippen LogP contribution is 2.19. The minimum atomic E-state index is -0.875. The van der Waals surface area contributed by atoms with Gasteiger partial charge < -0.3 is 0 Å². The summed E-state index contributed by atoms with van der Waals surface area (Å²) < 4.78 is 13.3. The second-order valence-corrected chi connectivity index (χ2v) is 3.31. The van der Waals surface area contributed by atoms with Crippen LogP contribution in [0.3, 0.4) is 0 Å². The highest BCUT2D eigenvalue weighted by atomic mass is 19.1. The van der Waals surface area contributed by atoms with E-state index < -0.39 is 6.17 Å². The molecule has 0 aromatic rings. The number of alkyl halides is 1. The number of aliphatic imine (C=N–C) groups is 1. The van der Waals surface area contributed by atoms with E-state index in [4.69, 9.17) is 0 Å². The van der Waals surface area contributed by atoms with Crippen molar-refractivity contribution in [1.29, 1.82) is 0 Å². The van der Waals surface area contributed by atoms with E-state index in [-0.39, 0.29) is 11.8 Å². The summed E-state index contributed by atoms with van der Waals surface area (Å²) in [5.74, 6) is 0.210. The zero-order valence-electron chi connectivity index (χ0n) is 7.21. The Morgan fingerprint density at radius 2 is 2.18 bits per heavy atom. The van der Waals surface area contributed by atoms with Crippen molar-refractivity contribution in [2.75, 3.05) is 0 Å². The molecule has 1 nitrogen and oxygen atoms in total. The Kier molecular flexibility index (Phi) is 2.42. The number of hydrogen-bond donors (Lipinski definition) is 0.